The van der Waals surface area contributed by atoms with E-state index in [1.165, 1.54) is 5.82 Å². The Kier molecular flexibility index (Phi) is 8.95. The van der Waals surface area contributed by atoms with Gasteiger partial charge in [0.15, 0.2) is 0 Å². The van der Waals surface area contributed by atoms with Crippen LogP contribution in [0, 0.1) is 0 Å². The Morgan fingerprint density at radius 2 is 1.93 bits per heavy atom. The second kappa shape index (κ2) is 9.07. The van der Waals surface area contributed by atoms with E-state index in [9.17, 15) is 4.57 Å². The van der Waals surface area contributed by atoms with E-state index in [1.807, 2.05) is 0 Å². The van der Waals surface area contributed by atoms with E-state index in [2.05, 4.69) is 6.58 Å². The molecule has 90 valence electrons. The molecule has 0 radical (unpaired) electrons. The second-order valence-electron chi connectivity index (χ2n) is 2.73. The highest BCUT2D eigenvalue weighted by Crippen LogP contribution is 2.47. The Morgan fingerprint density at radius 3 is 2.47 bits per heavy atom. The Morgan fingerprint density at radius 1 is 1.27 bits per heavy atom. The maximum absolute atomic E-state index is 11.6. The average molecular weight is 238 g/mol. The van der Waals surface area contributed by atoms with E-state index < -0.39 is 7.37 Å². The average Bonchev–Trinajstić information content (AvgIpc) is 2.27. The quantitative estimate of drug-likeness (QED) is 0.252. The second-order valence-corrected chi connectivity index (χ2v) is 5.33. The summed E-state index contributed by atoms with van der Waals surface area (Å²) in [7, 11) is -1.18. The third kappa shape index (κ3) is 7.71. The molecule has 0 aliphatic rings. The van der Waals surface area contributed by atoms with Gasteiger partial charge in [-0.05, 0) is 5.82 Å². The first-order chi connectivity index (χ1) is 7.18. The molecule has 0 amide bonds. The Hall–Kier alpha value is -0.190. The van der Waals surface area contributed by atoms with Gasteiger partial charge in [-0.15, -0.1) is 0 Å². The van der Waals surface area contributed by atoms with Crippen LogP contribution in [0.3, 0.4) is 0 Å². The molecular formula is C9H19O5P. The number of hydrogen-bond donors (Lipinski definition) is 0. The van der Waals surface area contributed by atoms with Gasteiger partial charge in [-0.1, -0.05) is 13.5 Å². The first-order valence-corrected chi connectivity index (χ1v) is 6.66. The van der Waals surface area contributed by atoms with Crippen molar-refractivity contribution in [3.63, 3.8) is 0 Å². The van der Waals surface area contributed by atoms with Crippen molar-refractivity contribution in [2.75, 3.05) is 39.7 Å². The van der Waals surface area contributed by atoms with Gasteiger partial charge < -0.3 is 9.47 Å². The van der Waals surface area contributed by atoms with Gasteiger partial charge in [0.05, 0.1) is 19.8 Å². The highest BCUT2D eigenvalue weighted by atomic mass is 31.2. The van der Waals surface area contributed by atoms with Crippen molar-refractivity contribution in [1.29, 1.82) is 0 Å². The lowest BCUT2D eigenvalue weighted by Crippen LogP contribution is -2.08. The van der Waals surface area contributed by atoms with Gasteiger partial charge >= 0.3 is 0 Å². The van der Waals surface area contributed by atoms with Crippen molar-refractivity contribution in [3.05, 3.63) is 12.4 Å². The summed E-state index contributed by atoms with van der Waals surface area (Å²) >= 11 is 0. The van der Waals surface area contributed by atoms with Gasteiger partial charge in [0, 0.05) is 13.3 Å². The predicted octanol–water partition coefficient (Wildman–Crippen LogP) is 2.04. The molecule has 0 rings (SSSR count). The summed E-state index contributed by atoms with van der Waals surface area (Å²) < 4.78 is 26.2. The molecule has 6 heteroatoms. The number of methoxy groups -OCH3 is 1. The molecule has 0 aromatic carbocycles. The zero-order valence-corrected chi connectivity index (χ0v) is 10.2. The van der Waals surface area contributed by atoms with E-state index >= 15 is 0 Å². The normalized spacial score (nSPS) is 14.8. The molecule has 0 aliphatic carbocycles. The van der Waals surface area contributed by atoms with Crippen LogP contribution in [0.4, 0.5) is 0 Å². The van der Waals surface area contributed by atoms with Crippen LogP contribution in [0.15, 0.2) is 12.4 Å². The topological polar surface area (TPSA) is 54.0 Å². The van der Waals surface area contributed by atoms with E-state index in [1.54, 1.807) is 14.0 Å². The van der Waals surface area contributed by atoms with Crippen molar-refractivity contribution in [3.8, 4) is 0 Å². The summed E-state index contributed by atoms with van der Waals surface area (Å²) in [4.78, 5) is 4.76. The van der Waals surface area contributed by atoms with Crippen LogP contribution in [0.1, 0.15) is 6.92 Å². The van der Waals surface area contributed by atoms with Crippen LogP contribution < -0.4 is 0 Å². The molecule has 0 spiro atoms. The zero-order chi connectivity index (χ0) is 11.6. The van der Waals surface area contributed by atoms with Crippen LogP contribution >= 0.6 is 7.37 Å². The zero-order valence-electron chi connectivity index (χ0n) is 9.31. The lowest BCUT2D eigenvalue weighted by atomic mass is 10.7. The molecule has 0 saturated carbocycles. The first-order valence-electron chi connectivity index (χ1n) is 4.78. The monoisotopic (exact) mass is 238 g/mol. The maximum Gasteiger partial charge on any atom is 0.255 e. The molecule has 0 heterocycles. The van der Waals surface area contributed by atoms with Crippen molar-refractivity contribution >= 4 is 7.37 Å². The molecule has 0 N–H and O–H groups in total. The predicted molar refractivity (Wildman–Crippen MR) is 58.1 cm³/mol. The molecule has 0 bridgehead atoms. The molecular weight excluding hydrogens is 219 g/mol. The van der Waals surface area contributed by atoms with Crippen LogP contribution in [-0.2, 0) is 23.6 Å². The maximum atomic E-state index is 11.6. The summed E-state index contributed by atoms with van der Waals surface area (Å²) in [6.45, 7) is 6.84. The Balaban J connectivity index is 3.38. The largest absolute Gasteiger partial charge is 0.382 e. The van der Waals surface area contributed by atoms with Crippen LogP contribution in [-0.4, -0.2) is 39.7 Å². The van der Waals surface area contributed by atoms with E-state index in [0.29, 0.717) is 26.0 Å². The van der Waals surface area contributed by atoms with E-state index in [4.69, 9.17) is 19.0 Å². The molecule has 15 heavy (non-hydrogen) atoms. The van der Waals surface area contributed by atoms with E-state index in [0.717, 1.165) is 0 Å². The van der Waals surface area contributed by atoms with Gasteiger partial charge in [-0.2, -0.15) is 4.67 Å². The molecule has 0 aliphatic heterocycles. The third-order valence-corrected chi connectivity index (χ3v) is 3.44. The lowest BCUT2D eigenvalue weighted by Gasteiger charge is -2.10. The summed E-state index contributed by atoms with van der Waals surface area (Å²) in [6.07, 6.45) is 0.376. The molecule has 0 aromatic heterocycles. The number of hydrogen-bond acceptors (Lipinski definition) is 5. The SMILES string of the molecule is C=CP(=O)(CC)OOCCOCCOC. The summed E-state index contributed by atoms with van der Waals surface area (Å²) in [6, 6.07) is 0. The van der Waals surface area contributed by atoms with Crippen LogP contribution in [0.2, 0.25) is 0 Å². The van der Waals surface area contributed by atoms with Gasteiger partial charge in [-0.25, -0.2) is 4.89 Å². The minimum Gasteiger partial charge on any atom is -0.382 e. The fraction of sp³-hybridized carbons (Fsp3) is 0.778. The molecule has 0 saturated heterocycles. The molecule has 5 nitrogen and oxygen atoms in total. The standard InChI is InChI=1S/C9H19O5P/c1-4-15(10,5-2)14-13-9-8-12-7-6-11-3/h4H,1,5-9H2,2-3H3. The minimum absolute atomic E-state index is 0.238. The minimum atomic E-state index is -2.78. The summed E-state index contributed by atoms with van der Waals surface area (Å²) in [5, 5.41) is 0. The van der Waals surface area contributed by atoms with Crippen molar-refractivity contribution in [1.82, 2.24) is 0 Å². The molecule has 0 aromatic rings. The van der Waals surface area contributed by atoms with Gasteiger partial charge in [0.1, 0.15) is 6.61 Å². The highest BCUT2D eigenvalue weighted by Gasteiger charge is 2.16. The fourth-order valence-electron chi connectivity index (χ4n) is 0.676. The molecule has 1 atom stereocenters. The fourth-order valence-corrected chi connectivity index (χ4v) is 1.35. The lowest BCUT2D eigenvalue weighted by molar-refractivity contribution is -0.213. The summed E-state index contributed by atoms with van der Waals surface area (Å²) in [5.41, 5.74) is 0. The number of rotatable bonds is 10. The highest BCUT2D eigenvalue weighted by molar-refractivity contribution is 7.62. The van der Waals surface area contributed by atoms with Crippen molar-refractivity contribution < 1.29 is 23.6 Å². The smallest absolute Gasteiger partial charge is 0.255 e. The van der Waals surface area contributed by atoms with Crippen LogP contribution in [0.5, 0.6) is 0 Å². The van der Waals surface area contributed by atoms with Gasteiger partial charge in [-0.3, -0.25) is 4.57 Å². The first kappa shape index (κ1) is 14.8. The Labute approximate surface area is 90.7 Å². The van der Waals surface area contributed by atoms with Gasteiger partial charge in [0.2, 0.25) is 0 Å². The Bertz CT molecular complexity index is 207. The number of ether oxygens (including phenoxy) is 2. The molecule has 1 unspecified atom stereocenters. The summed E-state index contributed by atoms with van der Waals surface area (Å²) in [5.74, 6) is 1.29. The van der Waals surface area contributed by atoms with E-state index in [-0.39, 0.29) is 6.61 Å². The molecule has 0 fully saturated rings. The van der Waals surface area contributed by atoms with Crippen LogP contribution in [0.25, 0.3) is 0 Å². The third-order valence-electron chi connectivity index (χ3n) is 1.64. The van der Waals surface area contributed by atoms with Gasteiger partial charge in [0.25, 0.3) is 7.37 Å². The van der Waals surface area contributed by atoms with Crippen molar-refractivity contribution in [2.45, 2.75) is 6.92 Å². The van der Waals surface area contributed by atoms with Crippen molar-refractivity contribution in [2.24, 2.45) is 0 Å².